The Morgan fingerprint density at radius 3 is 2.12 bits per heavy atom. The van der Waals surface area contributed by atoms with Crippen molar-refractivity contribution < 1.29 is 14.0 Å². The Morgan fingerprint density at radius 2 is 1.50 bits per heavy atom. The second kappa shape index (κ2) is 10.2. The van der Waals surface area contributed by atoms with E-state index in [9.17, 15) is 14.0 Å². The van der Waals surface area contributed by atoms with Crippen LogP contribution in [0.2, 0.25) is 0 Å². The Bertz CT molecular complexity index is 936. The summed E-state index contributed by atoms with van der Waals surface area (Å²) in [7, 11) is 0. The van der Waals surface area contributed by atoms with Crippen LogP contribution in [0.15, 0.2) is 48.5 Å². The van der Waals surface area contributed by atoms with E-state index in [-0.39, 0.29) is 17.5 Å². The largest absolute Gasteiger partial charge is 0.367 e. The summed E-state index contributed by atoms with van der Waals surface area (Å²) in [6.07, 6.45) is 0. The first kappa shape index (κ1) is 22.4. The third-order valence-electron chi connectivity index (χ3n) is 6.40. The summed E-state index contributed by atoms with van der Waals surface area (Å²) in [6, 6.07) is 15.1. The highest BCUT2D eigenvalue weighted by molar-refractivity contribution is 5.94. The van der Waals surface area contributed by atoms with E-state index in [0.29, 0.717) is 44.0 Å². The number of hydrogen-bond donors (Lipinski definition) is 0. The number of piperazine rings is 2. The van der Waals surface area contributed by atoms with E-state index < -0.39 is 0 Å². The second-order valence-electron chi connectivity index (χ2n) is 8.63. The van der Waals surface area contributed by atoms with Crippen molar-refractivity contribution in [1.29, 1.82) is 0 Å². The van der Waals surface area contributed by atoms with Crippen LogP contribution in [0.3, 0.4) is 0 Å². The third-order valence-corrected chi connectivity index (χ3v) is 6.40. The Kier molecular flexibility index (Phi) is 7.17. The lowest BCUT2D eigenvalue weighted by Gasteiger charge is -2.38. The van der Waals surface area contributed by atoms with Gasteiger partial charge >= 0.3 is 0 Å². The summed E-state index contributed by atoms with van der Waals surface area (Å²) in [5.74, 6) is -0.329. The van der Waals surface area contributed by atoms with Crippen LogP contribution >= 0.6 is 0 Å². The first-order chi connectivity index (χ1) is 15.5. The van der Waals surface area contributed by atoms with Gasteiger partial charge in [0.1, 0.15) is 5.82 Å². The Morgan fingerprint density at radius 1 is 0.844 bits per heavy atom. The number of carbonyl (C=O) groups excluding carboxylic acids is 2. The molecular formula is C25H31FN4O2. The molecule has 0 spiro atoms. The molecule has 0 unspecified atom stereocenters. The van der Waals surface area contributed by atoms with Crippen LogP contribution in [0, 0.1) is 5.82 Å². The molecule has 0 atom stereocenters. The zero-order valence-corrected chi connectivity index (χ0v) is 18.7. The lowest BCUT2D eigenvalue weighted by molar-refractivity contribution is -0.134. The molecule has 2 saturated heterocycles. The molecule has 2 heterocycles. The minimum Gasteiger partial charge on any atom is -0.367 e. The molecule has 1 amide bonds. The van der Waals surface area contributed by atoms with Crippen molar-refractivity contribution in [2.24, 2.45) is 0 Å². The quantitative estimate of drug-likeness (QED) is 0.649. The van der Waals surface area contributed by atoms with Crippen LogP contribution < -0.4 is 4.90 Å². The summed E-state index contributed by atoms with van der Waals surface area (Å²) in [4.78, 5) is 32.7. The summed E-state index contributed by atoms with van der Waals surface area (Å²) >= 11 is 0. The second-order valence-corrected chi connectivity index (χ2v) is 8.63. The average molecular weight is 439 g/mol. The molecule has 0 aromatic heterocycles. The maximum absolute atomic E-state index is 14.4. The average Bonchev–Trinajstić information content (AvgIpc) is 2.81. The maximum Gasteiger partial charge on any atom is 0.236 e. The number of benzene rings is 2. The zero-order valence-electron chi connectivity index (χ0n) is 18.7. The van der Waals surface area contributed by atoms with Gasteiger partial charge in [0, 0.05) is 64.5 Å². The molecule has 2 aromatic carbocycles. The molecule has 0 aliphatic carbocycles. The van der Waals surface area contributed by atoms with Gasteiger partial charge in [-0.05, 0) is 30.7 Å². The van der Waals surface area contributed by atoms with E-state index in [1.165, 1.54) is 18.6 Å². The van der Waals surface area contributed by atoms with Crippen LogP contribution in [0.5, 0.6) is 0 Å². The summed E-state index contributed by atoms with van der Waals surface area (Å²) in [6.45, 7) is 8.84. The SMILES string of the molecule is CC(=O)c1ccc(N2CCN(CC(=O)N3CCN(Cc4ccccc4)CC3)CC2)c(F)c1. The molecule has 2 fully saturated rings. The number of hydrogen-bond acceptors (Lipinski definition) is 5. The highest BCUT2D eigenvalue weighted by atomic mass is 19.1. The standard InChI is InChI=1S/C25H31FN4O2/c1-20(31)22-7-8-24(23(26)17-22)29-13-9-28(10-14-29)19-25(32)30-15-11-27(12-16-30)18-21-5-3-2-4-6-21/h2-8,17H,9-16,18-19H2,1H3. The molecular weight excluding hydrogens is 407 g/mol. The highest BCUT2D eigenvalue weighted by Gasteiger charge is 2.25. The van der Waals surface area contributed by atoms with Crippen molar-refractivity contribution in [2.75, 3.05) is 63.8 Å². The Labute approximate surface area is 189 Å². The fourth-order valence-corrected chi connectivity index (χ4v) is 4.42. The van der Waals surface area contributed by atoms with Gasteiger partial charge in [0.05, 0.1) is 12.2 Å². The number of carbonyl (C=O) groups is 2. The van der Waals surface area contributed by atoms with Gasteiger partial charge in [-0.3, -0.25) is 19.4 Å². The lowest BCUT2D eigenvalue weighted by Crippen LogP contribution is -2.53. The van der Waals surface area contributed by atoms with Crippen LogP contribution in [0.25, 0.3) is 0 Å². The van der Waals surface area contributed by atoms with E-state index in [1.807, 2.05) is 15.9 Å². The smallest absolute Gasteiger partial charge is 0.236 e. The van der Waals surface area contributed by atoms with Gasteiger partial charge in [-0.15, -0.1) is 0 Å². The number of amides is 1. The minimum absolute atomic E-state index is 0.139. The van der Waals surface area contributed by atoms with Crippen LogP contribution in [-0.2, 0) is 11.3 Å². The number of ketones is 1. The number of halogens is 1. The molecule has 0 N–H and O–H groups in total. The first-order valence-corrected chi connectivity index (χ1v) is 11.3. The summed E-state index contributed by atoms with van der Waals surface area (Å²) < 4.78 is 14.4. The number of Topliss-reactive ketones (excluding diaryl/α,β-unsaturated/α-hetero) is 1. The van der Waals surface area contributed by atoms with Crippen molar-refractivity contribution >= 4 is 17.4 Å². The maximum atomic E-state index is 14.4. The minimum atomic E-state index is -0.365. The molecule has 6 nitrogen and oxygen atoms in total. The molecule has 170 valence electrons. The molecule has 7 heteroatoms. The predicted octanol–water partition coefficient (Wildman–Crippen LogP) is 2.49. The Hall–Kier alpha value is -2.77. The van der Waals surface area contributed by atoms with E-state index in [1.54, 1.807) is 12.1 Å². The van der Waals surface area contributed by atoms with E-state index in [4.69, 9.17) is 0 Å². The topological polar surface area (TPSA) is 47.1 Å². The fourth-order valence-electron chi connectivity index (χ4n) is 4.42. The van der Waals surface area contributed by atoms with E-state index in [2.05, 4.69) is 34.1 Å². The van der Waals surface area contributed by atoms with E-state index in [0.717, 1.165) is 32.7 Å². The van der Waals surface area contributed by atoms with Gasteiger partial charge in [-0.1, -0.05) is 30.3 Å². The van der Waals surface area contributed by atoms with Crippen LogP contribution in [0.1, 0.15) is 22.8 Å². The zero-order chi connectivity index (χ0) is 22.5. The number of anilines is 1. The number of nitrogens with zero attached hydrogens (tertiary/aromatic N) is 4. The van der Waals surface area contributed by atoms with Crippen LogP contribution in [-0.4, -0.2) is 85.3 Å². The highest BCUT2D eigenvalue weighted by Crippen LogP contribution is 2.22. The Balaban J connectivity index is 1.22. The van der Waals surface area contributed by atoms with Crippen molar-refractivity contribution in [2.45, 2.75) is 13.5 Å². The summed E-state index contributed by atoms with van der Waals surface area (Å²) in [5.41, 5.74) is 2.22. The monoisotopic (exact) mass is 438 g/mol. The van der Waals surface area contributed by atoms with Crippen molar-refractivity contribution in [3.05, 3.63) is 65.5 Å². The van der Waals surface area contributed by atoms with Crippen molar-refractivity contribution in [3.8, 4) is 0 Å². The van der Waals surface area contributed by atoms with Crippen molar-refractivity contribution in [1.82, 2.24) is 14.7 Å². The lowest BCUT2D eigenvalue weighted by atomic mass is 10.1. The molecule has 2 aromatic rings. The molecule has 4 rings (SSSR count). The molecule has 2 aliphatic heterocycles. The fraction of sp³-hybridized carbons (Fsp3) is 0.440. The molecule has 0 saturated carbocycles. The van der Waals surface area contributed by atoms with Gasteiger partial charge in [-0.2, -0.15) is 0 Å². The number of rotatable bonds is 6. The van der Waals surface area contributed by atoms with Gasteiger partial charge in [0.15, 0.2) is 5.78 Å². The molecule has 0 bridgehead atoms. The predicted molar refractivity (Wildman–Crippen MR) is 123 cm³/mol. The van der Waals surface area contributed by atoms with Gasteiger partial charge in [-0.25, -0.2) is 4.39 Å². The first-order valence-electron chi connectivity index (χ1n) is 11.3. The van der Waals surface area contributed by atoms with Crippen LogP contribution in [0.4, 0.5) is 10.1 Å². The normalized spacial score (nSPS) is 18.1. The summed E-state index contributed by atoms with van der Waals surface area (Å²) in [5, 5.41) is 0. The van der Waals surface area contributed by atoms with Gasteiger partial charge in [0.2, 0.25) is 5.91 Å². The van der Waals surface area contributed by atoms with E-state index >= 15 is 0 Å². The molecule has 32 heavy (non-hydrogen) atoms. The van der Waals surface area contributed by atoms with Gasteiger partial charge < -0.3 is 9.80 Å². The third kappa shape index (κ3) is 5.53. The van der Waals surface area contributed by atoms with Gasteiger partial charge in [0.25, 0.3) is 0 Å². The molecule has 2 aliphatic rings. The van der Waals surface area contributed by atoms with Crippen molar-refractivity contribution in [3.63, 3.8) is 0 Å². The molecule has 0 radical (unpaired) electrons.